The van der Waals surface area contributed by atoms with Gasteiger partial charge < -0.3 is 13.8 Å². The molecule has 0 saturated heterocycles. The van der Waals surface area contributed by atoms with Gasteiger partial charge in [-0.1, -0.05) is 6.08 Å². The smallest absolute Gasteiger partial charge is 0.348 e. The second kappa shape index (κ2) is 8.60. The van der Waals surface area contributed by atoms with Crippen LogP contribution >= 0.6 is 7.60 Å². The summed E-state index contributed by atoms with van der Waals surface area (Å²) in [5, 5.41) is 0. The van der Waals surface area contributed by atoms with Crippen LogP contribution in [0, 0.1) is 0 Å². The zero-order valence-corrected chi connectivity index (χ0v) is 13.5. The highest BCUT2D eigenvalue weighted by molar-refractivity contribution is 7.56. The normalized spacial score (nSPS) is 17.4. The van der Waals surface area contributed by atoms with Crippen LogP contribution in [0.4, 0.5) is 0 Å². The number of carbonyl (C=O) groups excluding carboxylic acids is 1. The molecule has 116 valence electrons. The highest BCUT2D eigenvalue weighted by Crippen LogP contribution is 2.56. The molecule has 0 aromatic rings. The highest BCUT2D eigenvalue weighted by Gasteiger charge is 2.44. The van der Waals surface area contributed by atoms with Crippen LogP contribution in [0.2, 0.25) is 0 Å². The summed E-state index contributed by atoms with van der Waals surface area (Å²) in [7, 11) is -3.53. The van der Waals surface area contributed by atoms with Crippen molar-refractivity contribution < 1.29 is 23.1 Å². The van der Waals surface area contributed by atoms with Gasteiger partial charge in [0.05, 0.1) is 19.8 Å². The van der Waals surface area contributed by atoms with Gasteiger partial charge in [0.25, 0.3) is 0 Å². The van der Waals surface area contributed by atoms with Gasteiger partial charge in [0.15, 0.2) is 5.66 Å². The first-order chi connectivity index (χ1) is 9.59. The van der Waals surface area contributed by atoms with Crippen molar-refractivity contribution in [3.8, 4) is 0 Å². The predicted molar refractivity (Wildman–Crippen MR) is 77.8 cm³/mol. The van der Waals surface area contributed by atoms with Crippen LogP contribution in [0.1, 0.15) is 46.5 Å². The van der Waals surface area contributed by atoms with E-state index in [0.717, 1.165) is 31.3 Å². The third-order valence-corrected chi connectivity index (χ3v) is 5.53. The predicted octanol–water partition coefficient (Wildman–Crippen LogP) is 3.68. The summed E-state index contributed by atoms with van der Waals surface area (Å²) in [6, 6.07) is 0. The summed E-state index contributed by atoms with van der Waals surface area (Å²) in [5.74, 6) is -0.508. The largest absolute Gasteiger partial charge is 0.465 e. The molecule has 0 aromatic carbocycles. The van der Waals surface area contributed by atoms with Gasteiger partial charge in [-0.25, -0.2) is 0 Å². The van der Waals surface area contributed by atoms with Crippen molar-refractivity contribution in [3.63, 3.8) is 0 Å². The molecule has 1 aliphatic rings. The molecule has 20 heavy (non-hydrogen) atoms. The number of ether oxygens (including phenoxy) is 1. The Morgan fingerprint density at radius 3 is 2.30 bits per heavy atom. The van der Waals surface area contributed by atoms with Gasteiger partial charge in [-0.15, -0.1) is 0 Å². The quantitative estimate of drug-likeness (QED) is 0.389. The van der Waals surface area contributed by atoms with Crippen molar-refractivity contribution in [2.45, 2.75) is 52.1 Å². The molecule has 1 rings (SSSR count). The molecule has 0 aliphatic heterocycles. The summed E-state index contributed by atoms with van der Waals surface area (Å²) < 4.78 is 28.7. The molecule has 0 spiro atoms. The number of rotatable bonds is 8. The summed E-state index contributed by atoms with van der Waals surface area (Å²) >= 11 is 0. The Morgan fingerprint density at radius 1 is 1.20 bits per heavy atom. The lowest BCUT2D eigenvalue weighted by atomic mass is 9.97. The van der Waals surface area contributed by atoms with E-state index in [2.05, 4.69) is 0 Å². The Morgan fingerprint density at radius 2 is 1.85 bits per heavy atom. The fraction of sp³-hybridized carbons (Fsp3) is 0.786. The van der Waals surface area contributed by atoms with Gasteiger partial charge in [-0.05, 0) is 52.0 Å². The number of esters is 1. The van der Waals surface area contributed by atoms with E-state index in [1.807, 2.05) is 6.08 Å². The molecular formula is C14H25O5P. The fourth-order valence-electron chi connectivity index (χ4n) is 2.36. The SMILES string of the molecule is CCOC(=O)C(C1=CCCCC1)P(=O)(OCC)OCC. The van der Waals surface area contributed by atoms with E-state index < -0.39 is 19.2 Å². The van der Waals surface area contributed by atoms with E-state index in [0.29, 0.717) is 0 Å². The van der Waals surface area contributed by atoms with Crippen LogP contribution in [0.25, 0.3) is 0 Å². The van der Waals surface area contributed by atoms with Crippen molar-refractivity contribution in [2.75, 3.05) is 19.8 Å². The van der Waals surface area contributed by atoms with Crippen LogP contribution in [0.3, 0.4) is 0 Å². The second-order valence-corrected chi connectivity index (χ2v) is 6.67. The van der Waals surface area contributed by atoms with E-state index >= 15 is 0 Å². The molecule has 1 atom stereocenters. The van der Waals surface area contributed by atoms with Crippen molar-refractivity contribution in [3.05, 3.63) is 11.6 Å². The number of carbonyl (C=O) groups is 1. The fourth-order valence-corrected chi connectivity index (χ4v) is 4.43. The molecule has 1 unspecified atom stereocenters. The van der Waals surface area contributed by atoms with E-state index in [1.165, 1.54) is 0 Å². The maximum atomic E-state index is 12.9. The molecule has 6 heteroatoms. The van der Waals surface area contributed by atoms with Gasteiger partial charge in [0.1, 0.15) is 0 Å². The number of hydrogen-bond donors (Lipinski definition) is 0. The van der Waals surface area contributed by atoms with Gasteiger partial charge in [0.2, 0.25) is 0 Å². The first-order valence-electron chi connectivity index (χ1n) is 7.33. The van der Waals surface area contributed by atoms with E-state index in [4.69, 9.17) is 13.8 Å². The Balaban J connectivity index is 3.09. The summed E-state index contributed by atoms with van der Waals surface area (Å²) in [4.78, 5) is 12.2. The molecule has 0 aromatic heterocycles. The minimum atomic E-state index is -3.53. The maximum absolute atomic E-state index is 12.9. The lowest BCUT2D eigenvalue weighted by molar-refractivity contribution is -0.142. The Labute approximate surface area is 121 Å². The van der Waals surface area contributed by atoms with E-state index in [1.54, 1.807) is 20.8 Å². The van der Waals surface area contributed by atoms with Crippen LogP contribution in [-0.4, -0.2) is 31.4 Å². The lowest BCUT2D eigenvalue weighted by Crippen LogP contribution is -2.28. The first kappa shape index (κ1) is 17.4. The van der Waals surface area contributed by atoms with Crippen LogP contribution in [-0.2, 0) is 23.1 Å². The Kier molecular flexibility index (Phi) is 7.49. The van der Waals surface area contributed by atoms with Gasteiger partial charge >= 0.3 is 13.6 Å². The van der Waals surface area contributed by atoms with Gasteiger partial charge in [-0.3, -0.25) is 9.36 Å². The summed E-state index contributed by atoms with van der Waals surface area (Å²) in [5.41, 5.74) is -0.0809. The molecule has 0 radical (unpaired) electrons. The van der Waals surface area contributed by atoms with Crippen molar-refractivity contribution in [2.24, 2.45) is 0 Å². The van der Waals surface area contributed by atoms with Crippen LogP contribution in [0.15, 0.2) is 11.6 Å². The third kappa shape index (κ3) is 4.44. The average molecular weight is 304 g/mol. The molecule has 0 N–H and O–H groups in total. The first-order valence-corrected chi connectivity index (χ1v) is 8.94. The van der Waals surface area contributed by atoms with Gasteiger partial charge in [-0.2, -0.15) is 0 Å². The molecule has 0 heterocycles. The topological polar surface area (TPSA) is 61.8 Å². The minimum Gasteiger partial charge on any atom is -0.465 e. The lowest BCUT2D eigenvalue weighted by Gasteiger charge is -2.28. The monoisotopic (exact) mass is 304 g/mol. The number of allylic oxidation sites excluding steroid dienone is 1. The minimum absolute atomic E-state index is 0.237. The maximum Gasteiger partial charge on any atom is 0.348 e. The molecule has 0 saturated carbocycles. The second-order valence-electron chi connectivity index (χ2n) is 4.55. The Bertz CT molecular complexity index is 381. The van der Waals surface area contributed by atoms with Crippen LogP contribution in [0.5, 0.6) is 0 Å². The third-order valence-electron chi connectivity index (χ3n) is 3.12. The molecule has 0 amide bonds. The molecular weight excluding hydrogens is 279 g/mol. The van der Waals surface area contributed by atoms with Crippen molar-refractivity contribution in [1.82, 2.24) is 0 Å². The summed E-state index contributed by atoms with van der Waals surface area (Å²) in [6.45, 7) is 5.94. The Hall–Kier alpha value is -0.640. The van der Waals surface area contributed by atoms with E-state index in [-0.39, 0.29) is 19.8 Å². The van der Waals surface area contributed by atoms with Gasteiger partial charge in [0, 0.05) is 0 Å². The van der Waals surface area contributed by atoms with E-state index in [9.17, 15) is 9.36 Å². The zero-order chi connectivity index (χ0) is 15.0. The zero-order valence-electron chi connectivity index (χ0n) is 12.6. The molecule has 0 bridgehead atoms. The molecule has 5 nitrogen and oxygen atoms in total. The van der Waals surface area contributed by atoms with Crippen molar-refractivity contribution in [1.29, 1.82) is 0 Å². The molecule has 1 aliphatic carbocycles. The average Bonchev–Trinajstić information content (AvgIpc) is 2.40. The van der Waals surface area contributed by atoms with Crippen LogP contribution < -0.4 is 0 Å². The van der Waals surface area contributed by atoms with Crippen molar-refractivity contribution >= 4 is 13.6 Å². The molecule has 0 fully saturated rings. The summed E-state index contributed by atoms with van der Waals surface area (Å²) in [6.07, 6.45) is 5.69. The standard InChI is InChI=1S/C14H25O5P/c1-4-17-14(15)13(12-10-8-7-9-11-12)20(16,18-5-2)19-6-3/h10,13H,4-9,11H2,1-3H3. The number of hydrogen-bond acceptors (Lipinski definition) is 5. The highest BCUT2D eigenvalue weighted by atomic mass is 31.2.